The first-order valence-corrected chi connectivity index (χ1v) is 7.98. The van der Waals surface area contributed by atoms with E-state index in [0.29, 0.717) is 0 Å². The lowest BCUT2D eigenvalue weighted by atomic mass is 10.2. The van der Waals surface area contributed by atoms with Gasteiger partial charge in [-0.05, 0) is 31.2 Å². The van der Waals surface area contributed by atoms with Crippen LogP contribution < -0.4 is 14.8 Å². The van der Waals surface area contributed by atoms with Crippen molar-refractivity contribution >= 4 is 11.3 Å². The van der Waals surface area contributed by atoms with Crippen molar-refractivity contribution in [1.82, 2.24) is 10.3 Å². The van der Waals surface area contributed by atoms with Gasteiger partial charge in [0.2, 0.25) is 0 Å². The minimum Gasteiger partial charge on any atom is -0.493 e. The largest absolute Gasteiger partial charge is 0.493 e. The molecule has 0 aliphatic carbocycles. The summed E-state index contributed by atoms with van der Waals surface area (Å²) in [5.41, 5.74) is 1.05. The molecule has 2 aromatic rings. The summed E-state index contributed by atoms with van der Waals surface area (Å²) >= 11 is 1.71. The molecule has 0 radical (unpaired) electrons. The average Bonchev–Trinajstić information content (AvgIpc) is 2.99. The second-order valence-electron chi connectivity index (χ2n) is 4.73. The third kappa shape index (κ3) is 4.19. The zero-order chi connectivity index (χ0) is 15.1. The van der Waals surface area contributed by atoms with Crippen molar-refractivity contribution in [2.24, 2.45) is 0 Å². The van der Waals surface area contributed by atoms with Crippen LogP contribution in [0.4, 0.5) is 0 Å². The standard InChI is InChI=1S/C16H22N2O2S/c1-4-5-8-17-10-13-11-18-16(21-13)12-6-7-14(19-2)15(9-12)20-3/h6-7,9,11,17H,4-5,8,10H2,1-3H3. The van der Waals surface area contributed by atoms with E-state index >= 15 is 0 Å². The second-order valence-corrected chi connectivity index (χ2v) is 5.85. The summed E-state index contributed by atoms with van der Waals surface area (Å²) in [6, 6.07) is 5.88. The van der Waals surface area contributed by atoms with Gasteiger partial charge in [0.15, 0.2) is 11.5 Å². The highest BCUT2D eigenvalue weighted by Crippen LogP contribution is 2.33. The Labute approximate surface area is 130 Å². The van der Waals surface area contributed by atoms with Gasteiger partial charge in [-0.3, -0.25) is 0 Å². The van der Waals surface area contributed by atoms with Gasteiger partial charge in [0.05, 0.1) is 14.2 Å². The number of hydrogen-bond donors (Lipinski definition) is 1. The smallest absolute Gasteiger partial charge is 0.161 e. The highest BCUT2D eigenvalue weighted by molar-refractivity contribution is 7.15. The van der Waals surface area contributed by atoms with Crippen molar-refractivity contribution in [2.45, 2.75) is 26.3 Å². The molecule has 4 nitrogen and oxygen atoms in total. The molecule has 21 heavy (non-hydrogen) atoms. The van der Waals surface area contributed by atoms with Crippen LogP contribution in [0.1, 0.15) is 24.6 Å². The summed E-state index contributed by atoms with van der Waals surface area (Å²) < 4.78 is 10.6. The maximum atomic E-state index is 5.34. The van der Waals surface area contributed by atoms with Gasteiger partial charge < -0.3 is 14.8 Å². The number of rotatable bonds is 8. The summed E-state index contributed by atoms with van der Waals surface area (Å²) in [6.45, 7) is 4.13. The molecule has 0 fully saturated rings. The van der Waals surface area contributed by atoms with Gasteiger partial charge in [-0.15, -0.1) is 11.3 Å². The fourth-order valence-corrected chi connectivity index (χ4v) is 2.88. The van der Waals surface area contributed by atoms with E-state index in [1.807, 2.05) is 24.4 Å². The van der Waals surface area contributed by atoms with Crippen LogP contribution in [0.5, 0.6) is 11.5 Å². The molecule has 0 unspecified atom stereocenters. The minimum absolute atomic E-state index is 0.729. The van der Waals surface area contributed by atoms with Crippen LogP contribution >= 0.6 is 11.3 Å². The third-order valence-corrected chi connectivity index (χ3v) is 4.24. The van der Waals surface area contributed by atoms with E-state index in [1.54, 1.807) is 25.6 Å². The van der Waals surface area contributed by atoms with Gasteiger partial charge in [0, 0.05) is 23.2 Å². The Morgan fingerprint density at radius 2 is 2.00 bits per heavy atom. The number of methoxy groups -OCH3 is 2. The third-order valence-electron chi connectivity index (χ3n) is 3.19. The number of nitrogens with zero attached hydrogens (tertiary/aromatic N) is 1. The topological polar surface area (TPSA) is 43.4 Å². The fraction of sp³-hybridized carbons (Fsp3) is 0.438. The lowest BCUT2D eigenvalue weighted by Crippen LogP contribution is -2.13. The predicted octanol–water partition coefficient (Wildman–Crippen LogP) is 3.72. The quantitative estimate of drug-likeness (QED) is 0.755. The maximum absolute atomic E-state index is 5.34. The first kappa shape index (κ1) is 15.8. The van der Waals surface area contributed by atoms with Crippen molar-refractivity contribution in [1.29, 1.82) is 0 Å². The van der Waals surface area contributed by atoms with Crippen LogP contribution in [0.25, 0.3) is 10.6 Å². The van der Waals surface area contributed by atoms with Crippen LogP contribution in [0.3, 0.4) is 0 Å². The molecule has 0 spiro atoms. The Hall–Kier alpha value is -1.59. The second kappa shape index (κ2) is 8.00. The Balaban J connectivity index is 2.06. The molecule has 114 valence electrons. The summed E-state index contributed by atoms with van der Waals surface area (Å²) in [7, 11) is 3.29. The number of ether oxygens (including phenoxy) is 2. The van der Waals surface area contributed by atoms with Crippen LogP contribution in [0.2, 0.25) is 0 Å². The molecule has 0 saturated carbocycles. The van der Waals surface area contributed by atoms with Crippen LogP contribution in [0.15, 0.2) is 24.4 Å². The molecule has 1 heterocycles. The van der Waals surface area contributed by atoms with Crippen LogP contribution in [-0.4, -0.2) is 25.7 Å². The average molecular weight is 306 g/mol. The summed E-state index contributed by atoms with van der Waals surface area (Å²) in [6.07, 6.45) is 4.36. The summed E-state index contributed by atoms with van der Waals surface area (Å²) in [5, 5.41) is 4.44. The maximum Gasteiger partial charge on any atom is 0.161 e. The Bertz CT molecular complexity index is 569. The summed E-state index contributed by atoms with van der Waals surface area (Å²) in [5.74, 6) is 1.46. The first-order chi connectivity index (χ1) is 10.3. The molecule has 0 saturated heterocycles. The highest BCUT2D eigenvalue weighted by Gasteiger charge is 2.09. The van der Waals surface area contributed by atoms with E-state index in [-0.39, 0.29) is 0 Å². The molecule has 0 aliphatic rings. The molecule has 1 aromatic carbocycles. The molecule has 1 N–H and O–H groups in total. The zero-order valence-corrected chi connectivity index (χ0v) is 13.6. The lowest BCUT2D eigenvalue weighted by molar-refractivity contribution is 0.355. The van der Waals surface area contributed by atoms with Gasteiger partial charge >= 0.3 is 0 Å². The van der Waals surface area contributed by atoms with E-state index in [2.05, 4.69) is 17.2 Å². The molecule has 0 atom stereocenters. The fourth-order valence-electron chi connectivity index (χ4n) is 2.01. The Morgan fingerprint density at radius 3 is 2.71 bits per heavy atom. The number of nitrogens with one attached hydrogen (secondary N) is 1. The van der Waals surface area contributed by atoms with Gasteiger partial charge in [-0.2, -0.15) is 0 Å². The number of benzene rings is 1. The lowest BCUT2D eigenvalue weighted by Gasteiger charge is -2.08. The van der Waals surface area contributed by atoms with Crippen LogP contribution in [-0.2, 0) is 6.54 Å². The van der Waals surface area contributed by atoms with E-state index in [4.69, 9.17) is 9.47 Å². The molecule has 0 amide bonds. The van der Waals surface area contributed by atoms with Gasteiger partial charge in [0.25, 0.3) is 0 Å². The molecule has 5 heteroatoms. The number of hydrogen-bond acceptors (Lipinski definition) is 5. The predicted molar refractivity (Wildman–Crippen MR) is 87.3 cm³/mol. The van der Waals surface area contributed by atoms with E-state index < -0.39 is 0 Å². The van der Waals surface area contributed by atoms with Gasteiger partial charge in [-0.25, -0.2) is 4.98 Å². The van der Waals surface area contributed by atoms with Crippen molar-refractivity contribution < 1.29 is 9.47 Å². The van der Waals surface area contributed by atoms with Gasteiger partial charge in [-0.1, -0.05) is 13.3 Å². The highest BCUT2D eigenvalue weighted by atomic mass is 32.1. The molecule has 0 bridgehead atoms. The normalized spacial score (nSPS) is 10.6. The van der Waals surface area contributed by atoms with E-state index in [1.165, 1.54) is 17.7 Å². The molecule has 0 aliphatic heterocycles. The van der Waals surface area contributed by atoms with E-state index in [0.717, 1.165) is 35.2 Å². The van der Waals surface area contributed by atoms with Gasteiger partial charge in [0.1, 0.15) is 5.01 Å². The monoisotopic (exact) mass is 306 g/mol. The zero-order valence-electron chi connectivity index (χ0n) is 12.8. The number of aromatic nitrogens is 1. The molecular formula is C16H22N2O2S. The van der Waals surface area contributed by atoms with E-state index in [9.17, 15) is 0 Å². The summed E-state index contributed by atoms with van der Waals surface area (Å²) in [4.78, 5) is 5.74. The Morgan fingerprint density at radius 1 is 1.19 bits per heavy atom. The van der Waals surface area contributed by atoms with Crippen molar-refractivity contribution in [3.05, 3.63) is 29.3 Å². The van der Waals surface area contributed by atoms with Crippen molar-refractivity contribution in [3.63, 3.8) is 0 Å². The Kier molecular flexibility index (Phi) is 6.02. The number of unbranched alkanes of at least 4 members (excludes halogenated alkanes) is 1. The molecular weight excluding hydrogens is 284 g/mol. The minimum atomic E-state index is 0.729. The molecule has 1 aromatic heterocycles. The SMILES string of the molecule is CCCCNCc1cnc(-c2ccc(OC)c(OC)c2)s1. The first-order valence-electron chi connectivity index (χ1n) is 7.16. The van der Waals surface area contributed by atoms with Crippen LogP contribution in [0, 0.1) is 0 Å². The number of thiazole rings is 1. The van der Waals surface area contributed by atoms with Crippen molar-refractivity contribution in [3.8, 4) is 22.1 Å². The van der Waals surface area contributed by atoms with Crippen molar-refractivity contribution in [2.75, 3.05) is 20.8 Å². The molecule has 2 rings (SSSR count).